The van der Waals surface area contributed by atoms with E-state index in [1.54, 1.807) is 0 Å². The highest BCUT2D eigenvalue weighted by atomic mass is 16.5. The van der Waals surface area contributed by atoms with Gasteiger partial charge in [0.1, 0.15) is 0 Å². The minimum absolute atomic E-state index is 0.0583. The standard InChI is InChI=1S/C16H20N2O2/c1-11-5-6-14(13(10-11)4-3-8-17)16(19)18-15-7-9-20-12(15)2/h5-6,10,12,15H,7-9,17H2,1-2H3,(H,18,19). The number of ether oxygens (including phenoxy) is 1. The summed E-state index contributed by atoms with van der Waals surface area (Å²) in [5.74, 6) is 5.66. The largest absolute Gasteiger partial charge is 0.376 e. The van der Waals surface area contributed by atoms with E-state index < -0.39 is 0 Å². The summed E-state index contributed by atoms with van der Waals surface area (Å²) in [5.41, 5.74) is 7.78. The summed E-state index contributed by atoms with van der Waals surface area (Å²) < 4.78 is 5.46. The summed E-state index contributed by atoms with van der Waals surface area (Å²) in [7, 11) is 0. The van der Waals surface area contributed by atoms with Crippen molar-refractivity contribution in [3.8, 4) is 11.8 Å². The van der Waals surface area contributed by atoms with Crippen LogP contribution in [0.1, 0.15) is 34.8 Å². The lowest BCUT2D eigenvalue weighted by atomic mass is 10.0. The minimum Gasteiger partial charge on any atom is -0.376 e. The lowest BCUT2D eigenvalue weighted by Crippen LogP contribution is -2.39. The van der Waals surface area contributed by atoms with Crippen LogP contribution in [-0.4, -0.2) is 31.2 Å². The van der Waals surface area contributed by atoms with E-state index in [0.29, 0.717) is 12.2 Å². The molecule has 4 heteroatoms. The van der Waals surface area contributed by atoms with Crippen molar-refractivity contribution in [3.63, 3.8) is 0 Å². The zero-order valence-corrected chi connectivity index (χ0v) is 11.9. The van der Waals surface area contributed by atoms with Crippen molar-refractivity contribution in [1.29, 1.82) is 0 Å². The molecule has 0 bridgehead atoms. The quantitative estimate of drug-likeness (QED) is 0.795. The number of carbonyl (C=O) groups is 1. The maximum absolute atomic E-state index is 12.4. The predicted octanol–water partition coefficient (Wildman–Crippen LogP) is 1.21. The Kier molecular flexibility index (Phi) is 4.78. The molecule has 2 atom stereocenters. The number of nitrogens with one attached hydrogen (secondary N) is 1. The van der Waals surface area contributed by atoms with Crippen molar-refractivity contribution < 1.29 is 9.53 Å². The van der Waals surface area contributed by atoms with Gasteiger partial charge >= 0.3 is 0 Å². The van der Waals surface area contributed by atoms with Gasteiger partial charge in [0.05, 0.1) is 24.3 Å². The smallest absolute Gasteiger partial charge is 0.252 e. The highest BCUT2D eigenvalue weighted by Crippen LogP contribution is 2.15. The van der Waals surface area contributed by atoms with E-state index in [2.05, 4.69) is 17.2 Å². The van der Waals surface area contributed by atoms with Crippen LogP contribution in [-0.2, 0) is 4.74 Å². The van der Waals surface area contributed by atoms with Gasteiger partial charge in [-0.1, -0.05) is 17.9 Å². The van der Waals surface area contributed by atoms with Crippen molar-refractivity contribution in [3.05, 3.63) is 34.9 Å². The van der Waals surface area contributed by atoms with Crippen LogP contribution in [0.3, 0.4) is 0 Å². The summed E-state index contributed by atoms with van der Waals surface area (Å²) >= 11 is 0. The molecular weight excluding hydrogens is 252 g/mol. The molecule has 0 aliphatic carbocycles. The van der Waals surface area contributed by atoms with Crippen molar-refractivity contribution in [2.24, 2.45) is 5.73 Å². The molecule has 2 rings (SSSR count). The second-order valence-corrected chi connectivity index (χ2v) is 5.00. The normalized spacial score (nSPS) is 21.1. The summed E-state index contributed by atoms with van der Waals surface area (Å²) in [5, 5.41) is 3.02. The maximum atomic E-state index is 12.4. The SMILES string of the molecule is Cc1ccc(C(=O)NC2CCOC2C)c(C#CCN)c1. The summed E-state index contributed by atoms with van der Waals surface area (Å²) in [6, 6.07) is 5.70. The number of nitrogens with two attached hydrogens (primary N) is 1. The van der Waals surface area contributed by atoms with E-state index in [-0.39, 0.29) is 24.6 Å². The first-order chi connectivity index (χ1) is 9.61. The summed E-state index contributed by atoms with van der Waals surface area (Å²) in [4.78, 5) is 12.4. The lowest BCUT2D eigenvalue weighted by molar-refractivity contribution is 0.0866. The van der Waals surface area contributed by atoms with Gasteiger partial charge in [0.25, 0.3) is 5.91 Å². The molecule has 1 saturated heterocycles. The molecule has 1 fully saturated rings. The number of benzene rings is 1. The molecule has 1 amide bonds. The number of hydrogen-bond acceptors (Lipinski definition) is 3. The molecule has 1 aliphatic heterocycles. The van der Waals surface area contributed by atoms with E-state index in [9.17, 15) is 4.79 Å². The first-order valence-electron chi connectivity index (χ1n) is 6.84. The average Bonchev–Trinajstić information content (AvgIpc) is 2.82. The molecule has 0 aromatic heterocycles. The number of amides is 1. The number of hydrogen-bond donors (Lipinski definition) is 2. The van der Waals surface area contributed by atoms with Crippen LogP contribution in [0.5, 0.6) is 0 Å². The van der Waals surface area contributed by atoms with Crippen LogP contribution in [0.15, 0.2) is 18.2 Å². The third-order valence-electron chi connectivity index (χ3n) is 3.44. The highest BCUT2D eigenvalue weighted by Gasteiger charge is 2.26. The van der Waals surface area contributed by atoms with Crippen LogP contribution < -0.4 is 11.1 Å². The van der Waals surface area contributed by atoms with E-state index in [4.69, 9.17) is 10.5 Å². The highest BCUT2D eigenvalue weighted by molar-refractivity contribution is 5.97. The van der Waals surface area contributed by atoms with Gasteiger partial charge in [0, 0.05) is 12.2 Å². The Hall–Kier alpha value is -1.83. The Labute approximate surface area is 119 Å². The Bertz CT molecular complexity index is 557. The molecule has 1 aliphatic rings. The fourth-order valence-corrected chi connectivity index (χ4v) is 2.27. The first-order valence-corrected chi connectivity index (χ1v) is 6.84. The molecule has 0 radical (unpaired) electrons. The van der Waals surface area contributed by atoms with Crippen molar-refractivity contribution in [1.82, 2.24) is 5.32 Å². The van der Waals surface area contributed by atoms with Crippen molar-refractivity contribution in [2.75, 3.05) is 13.2 Å². The fourth-order valence-electron chi connectivity index (χ4n) is 2.27. The van der Waals surface area contributed by atoms with Gasteiger partial charge < -0.3 is 15.8 Å². The zero-order chi connectivity index (χ0) is 14.5. The van der Waals surface area contributed by atoms with Gasteiger partial charge in [-0.05, 0) is 38.0 Å². The second kappa shape index (κ2) is 6.56. The van der Waals surface area contributed by atoms with Crippen LogP contribution in [0, 0.1) is 18.8 Å². The molecule has 4 nitrogen and oxygen atoms in total. The Morgan fingerprint density at radius 3 is 3.00 bits per heavy atom. The van der Waals surface area contributed by atoms with Gasteiger partial charge in [-0.3, -0.25) is 4.79 Å². The molecule has 106 valence electrons. The van der Waals surface area contributed by atoms with Crippen molar-refractivity contribution >= 4 is 5.91 Å². The Balaban J connectivity index is 2.20. The third-order valence-corrected chi connectivity index (χ3v) is 3.44. The molecule has 2 unspecified atom stereocenters. The van der Waals surface area contributed by atoms with Gasteiger partial charge in [-0.15, -0.1) is 0 Å². The van der Waals surface area contributed by atoms with E-state index in [1.165, 1.54) is 0 Å². The lowest BCUT2D eigenvalue weighted by Gasteiger charge is -2.16. The maximum Gasteiger partial charge on any atom is 0.252 e. The van der Waals surface area contributed by atoms with Crippen LogP contribution in [0.4, 0.5) is 0 Å². The topological polar surface area (TPSA) is 64.3 Å². The van der Waals surface area contributed by atoms with Gasteiger partial charge in [0.2, 0.25) is 0 Å². The molecule has 20 heavy (non-hydrogen) atoms. The molecule has 3 N–H and O–H groups in total. The number of rotatable bonds is 2. The van der Waals surface area contributed by atoms with Crippen LogP contribution in [0.2, 0.25) is 0 Å². The molecule has 1 aromatic rings. The van der Waals surface area contributed by atoms with Gasteiger partial charge in [-0.2, -0.15) is 0 Å². The fraction of sp³-hybridized carbons (Fsp3) is 0.438. The monoisotopic (exact) mass is 272 g/mol. The Morgan fingerprint density at radius 1 is 1.55 bits per heavy atom. The zero-order valence-electron chi connectivity index (χ0n) is 11.9. The van der Waals surface area contributed by atoms with E-state index >= 15 is 0 Å². The number of carbonyl (C=O) groups excluding carboxylic acids is 1. The van der Waals surface area contributed by atoms with E-state index in [0.717, 1.165) is 17.5 Å². The first kappa shape index (κ1) is 14.6. The molecule has 0 saturated carbocycles. The minimum atomic E-state index is -0.103. The summed E-state index contributed by atoms with van der Waals surface area (Å²) in [6.45, 7) is 4.92. The van der Waals surface area contributed by atoms with Gasteiger partial charge in [-0.25, -0.2) is 0 Å². The van der Waals surface area contributed by atoms with Crippen LogP contribution in [0.25, 0.3) is 0 Å². The summed E-state index contributed by atoms with van der Waals surface area (Å²) in [6.07, 6.45) is 0.908. The average molecular weight is 272 g/mol. The van der Waals surface area contributed by atoms with Gasteiger partial charge in [0.15, 0.2) is 0 Å². The third kappa shape index (κ3) is 3.38. The predicted molar refractivity (Wildman–Crippen MR) is 78.4 cm³/mol. The molecule has 1 heterocycles. The Morgan fingerprint density at radius 2 is 2.35 bits per heavy atom. The molecular formula is C16H20N2O2. The molecule has 0 spiro atoms. The molecule has 1 aromatic carbocycles. The van der Waals surface area contributed by atoms with Crippen molar-refractivity contribution in [2.45, 2.75) is 32.4 Å². The second-order valence-electron chi connectivity index (χ2n) is 5.00. The number of aryl methyl sites for hydroxylation is 1. The van der Waals surface area contributed by atoms with Crippen LogP contribution >= 0.6 is 0 Å². The van der Waals surface area contributed by atoms with E-state index in [1.807, 2.05) is 32.0 Å².